The number of carboxylic acids is 1. The predicted octanol–water partition coefficient (Wildman–Crippen LogP) is 5.69. The second-order valence-electron chi connectivity index (χ2n) is 7.24. The van der Waals surface area contributed by atoms with Crippen molar-refractivity contribution in [2.45, 2.75) is 6.92 Å². The van der Waals surface area contributed by atoms with Gasteiger partial charge in [-0.15, -0.1) is 0 Å². The summed E-state index contributed by atoms with van der Waals surface area (Å²) >= 11 is 12.2. The van der Waals surface area contributed by atoms with Gasteiger partial charge in [-0.25, -0.2) is 4.79 Å². The highest BCUT2D eigenvalue weighted by Gasteiger charge is 2.32. The lowest BCUT2D eigenvalue weighted by Gasteiger charge is -2.12. The number of hydrogen-bond acceptors (Lipinski definition) is 5. The minimum Gasteiger partial charge on any atom is -0.478 e. The second kappa shape index (κ2) is 9.23. The van der Waals surface area contributed by atoms with Gasteiger partial charge >= 0.3 is 5.97 Å². The third-order valence-electron chi connectivity index (χ3n) is 5.11. The number of amides is 1. The lowest BCUT2D eigenvalue weighted by molar-refractivity contribution is -0.114. The van der Waals surface area contributed by atoms with Gasteiger partial charge in [-0.1, -0.05) is 35.3 Å². The Morgan fingerprint density at radius 2 is 1.97 bits per heavy atom. The first kappa shape index (κ1) is 22.8. The zero-order chi connectivity index (χ0) is 23.7. The number of furan rings is 1. The Morgan fingerprint density at radius 1 is 1.18 bits per heavy atom. The molecule has 0 fully saturated rings. The zero-order valence-electron chi connectivity index (χ0n) is 17.6. The van der Waals surface area contributed by atoms with Gasteiger partial charge in [0.25, 0.3) is 5.91 Å². The first-order valence-electron chi connectivity index (χ1n) is 9.81. The lowest BCUT2D eigenvalue weighted by atomic mass is 10.1. The number of carbonyl (C=O) groups is 2. The second-order valence-corrected chi connectivity index (χ2v) is 8.05. The van der Waals surface area contributed by atoms with Crippen LogP contribution in [0.5, 0.6) is 0 Å². The number of anilines is 1. The lowest BCUT2D eigenvalue weighted by Crippen LogP contribution is -2.22. The molecule has 0 radical (unpaired) electrons. The van der Waals surface area contributed by atoms with E-state index in [4.69, 9.17) is 32.4 Å². The van der Waals surface area contributed by atoms with Gasteiger partial charge in [0.1, 0.15) is 17.2 Å². The van der Waals surface area contributed by atoms with Crippen molar-refractivity contribution in [3.8, 4) is 11.3 Å². The van der Waals surface area contributed by atoms with Crippen LogP contribution in [0, 0.1) is 6.92 Å². The van der Waals surface area contributed by atoms with E-state index in [-0.39, 0.29) is 28.5 Å². The van der Waals surface area contributed by atoms with Crippen LogP contribution in [0.4, 0.5) is 5.69 Å². The Hall–Kier alpha value is -3.39. The van der Waals surface area contributed by atoms with Gasteiger partial charge in [0.2, 0.25) is 0 Å². The normalized spacial score (nSPS) is 14.8. The van der Waals surface area contributed by atoms with Crippen LogP contribution in [0.3, 0.4) is 0 Å². The molecule has 1 amide bonds. The van der Waals surface area contributed by atoms with E-state index in [1.165, 1.54) is 25.3 Å². The molecule has 4 rings (SSSR count). The van der Waals surface area contributed by atoms with E-state index in [0.29, 0.717) is 22.3 Å². The van der Waals surface area contributed by atoms with Gasteiger partial charge in [-0.2, -0.15) is 10.1 Å². The number of benzene rings is 2. The zero-order valence-corrected chi connectivity index (χ0v) is 19.1. The van der Waals surface area contributed by atoms with Gasteiger partial charge in [-0.3, -0.25) is 4.79 Å². The van der Waals surface area contributed by atoms with Crippen molar-refractivity contribution in [3.05, 3.63) is 81.0 Å². The van der Waals surface area contributed by atoms with Crippen LogP contribution in [0.1, 0.15) is 21.7 Å². The van der Waals surface area contributed by atoms with Crippen LogP contribution < -0.4 is 5.01 Å². The maximum absolute atomic E-state index is 13.2. The van der Waals surface area contributed by atoms with Crippen molar-refractivity contribution in [3.63, 3.8) is 0 Å². The van der Waals surface area contributed by atoms with E-state index in [1.807, 2.05) is 19.1 Å². The largest absolute Gasteiger partial charge is 0.478 e. The van der Waals surface area contributed by atoms with Crippen LogP contribution in [0.15, 0.2) is 63.6 Å². The van der Waals surface area contributed by atoms with Crippen molar-refractivity contribution in [1.29, 1.82) is 0 Å². The van der Waals surface area contributed by atoms with Crippen LogP contribution in [0.2, 0.25) is 10.0 Å². The summed E-state index contributed by atoms with van der Waals surface area (Å²) in [5.41, 5.74) is 2.52. The molecule has 0 spiro atoms. The number of rotatable bonds is 6. The van der Waals surface area contributed by atoms with Crippen LogP contribution in [-0.2, 0) is 9.53 Å². The molecule has 168 valence electrons. The van der Waals surface area contributed by atoms with E-state index in [9.17, 15) is 14.7 Å². The number of ether oxygens (including phenoxy) is 1. The van der Waals surface area contributed by atoms with E-state index in [1.54, 1.807) is 24.3 Å². The molecule has 0 bridgehead atoms. The van der Waals surface area contributed by atoms with Gasteiger partial charge in [-0.05, 0) is 55.0 Å². The van der Waals surface area contributed by atoms with Crippen LogP contribution in [0.25, 0.3) is 17.4 Å². The van der Waals surface area contributed by atoms with E-state index >= 15 is 0 Å². The molecule has 1 aliphatic heterocycles. The molecule has 1 aliphatic rings. The summed E-state index contributed by atoms with van der Waals surface area (Å²) in [7, 11) is 1.49. The third kappa shape index (κ3) is 4.43. The van der Waals surface area contributed by atoms with E-state index < -0.39 is 11.9 Å². The number of carbonyl (C=O) groups excluding carboxylic acids is 1. The molecule has 3 aromatic rings. The fraction of sp³-hybridized carbons (Fsp3) is 0.125. The maximum atomic E-state index is 13.2. The van der Waals surface area contributed by atoms with Gasteiger partial charge in [0.05, 0.1) is 28.5 Å². The minimum atomic E-state index is -1.20. The van der Waals surface area contributed by atoms with Crippen molar-refractivity contribution < 1.29 is 23.8 Å². The summed E-state index contributed by atoms with van der Waals surface area (Å²) in [6.07, 6.45) is 1.58. The standard InChI is InChI=1S/C24H18Cl2N2O5/c1-13-16(4-3-5-19(13)25)22-9-7-15(33-22)11-18-21(12-32-2)27-28(23(18)29)14-6-8-20(26)17(10-14)24(30)31/h3-11H,12H2,1-2H3,(H,30,31)/b18-11+. The molecule has 33 heavy (non-hydrogen) atoms. The van der Waals surface area contributed by atoms with Gasteiger partial charge < -0.3 is 14.3 Å². The summed E-state index contributed by atoms with van der Waals surface area (Å²) < 4.78 is 11.2. The average Bonchev–Trinajstić information content (AvgIpc) is 3.36. The highest BCUT2D eigenvalue weighted by atomic mass is 35.5. The van der Waals surface area contributed by atoms with E-state index in [2.05, 4.69) is 5.10 Å². The topological polar surface area (TPSA) is 92.3 Å². The fourth-order valence-electron chi connectivity index (χ4n) is 3.42. The SMILES string of the molecule is COCC1=NN(c2ccc(Cl)c(C(=O)O)c2)C(=O)/C1=C/c1ccc(-c2cccc(Cl)c2C)o1. The van der Waals surface area contributed by atoms with Crippen LogP contribution in [-0.4, -0.2) is 36.4 Å². The van der Waals surface area contributed by atoms with Crippen LogP contribution >= 0.6 is 23.2 Å². The molecule has 7 nitrogen and oxygen atoms in total. The number of hydrogen-bond donors (Lipinski definition) is 1. The minimum absolute atomic E-state index is 0.0641. The van der Waals surface area contributed by atoms with Crippen molar-refractivity contribution in [2.24, 2.45) is 5.10 Å². The molecule has 1 aromatic heterocycles. The molecule has 0 saturated carbocycles. The van der Waals surface area contributed by atoms with Crippen molar-refractivity contribution in [2.75, 3.05) is 18.7 Å². The van der Waals surface area contributed by atoms with E-state index in [0.717, 1.165) is 16.1 Å². The molecule has 0 unspecified atom stereocenters. The van der Waals surface area contributed by atoms with Crippen molar-refractivity contribution in [1.82, 2.24) is 0 Å². The summed E-state index contributed by atoms with van der Waals surface area (Å²) in [5, 5.41) is 15.5. The Bertz CT molecular complexity index is 1330. The smallest absolute Gasteiger partial charge is 0.337 e. The highest BCUT2D eigenvalue weighted by molar-refractivity contribution is 6.35. The average molecular weight is 485 g/mol. The number of methoxy groups -OCH3 is 1. The molecular weight excluding hydrogens is 467 g/mol. The summed E-state index contributed by atoms with van der Waals surface area (Å²) in [6, 6.07) is 13.3. The summed E-state index contributed by atoms with van der Waals surface area (Å²) in [5.74, 6) is -0.596. The maximum Gasteiger partial charge on any atom is 0.337 e. The number of halogens is 2. The molecule has 0 atom stereocenters. The number of aromatic carboxylic acids is 1. The van der Waals surface area contributed by atoms with Gasteiger partial charge in [0, 0.05) is 17.7 Å². The Labute approximate surface area is 199 Å². The Kier molecular flexibility index (Phi) is 6.37. The van der Waals surface area contributed by atoms with Crippen molar-refractivity contribution >= 4 is 52.6 Å². The molecule has 2 aromatic carbocycles. The predicted molar refractivity (Wildman–Crippen MR) is 127 cm³/mol. The molecule has 1 N–H and O–H groups in total. The summed E-state index contributed by atoms with van der Waals surface area (Å²) in [4.78, 5) is 24.6. The van der Waals surface area contributed by atoms with Gasteiger partial charge in [0.15, 0.2) is 0 Å². The number of carboxylic acid groups (broad SMARTS) is 1. The third-order valence-corrected chi connectivity index (χ3v) is 5.85. The molecule has 9 heteroatoms. The summed E-state index contributed by atoms with van der Waals surface area (Å²) in [6.45, 7) is 1.98. The highest BCUT2D eigenvalue weighted by Crippen LogP contribution is 2.32. The molecular formula is C24H18Cl2N2O5. The first-order chi connectivity index (χ1) is 15.8. The molecule has 0 saturated heterocycles. The number of hydrazone groups is 1. The molecule has 0 aliphatic carbocycles. The number of nitrogens with zero attached hydrogens (tertiary/aromatic N) is 2. The Morgan fingerprint density at radius 3 is 2.70 bits per heavy atom. The Balaban J connectivity index is 1.70. The first-order valence-corrected chi connectivity index (χ1v) is 10.6. The fourth-order valence-corrected chi connectivity index (χ4v) is 3.79. The molecule has 2 heterocycles. The quantitative estimate of drug-likeness (QED) is 0.453. The monoisotopic (exact) mass is 484 g/mol.